The fourth-order valence-corrected chi connectivity index (χ4v) is 11.6. The summed E-state index contributed by atoms with van der Waals surface area (Å²) in [5.74, 6) is -9.14. The Labute approximate surface area is 550 Å². The lowest BCUT2D eigenvalue weighted by Crippen LogP contribution is -2.64. The van der Waals surface area contributed by atoms with Gasteiger partial charge in [-0.1, -0.05) is 60.5 Å². The number of para-hydroxylation sites is 1. The molecule has 1 aromatic heterocycles. The minimum Gasteiger partial charge on any atom is -0.495 e. The zero-order valence-corrected chi connectivity index (χ0v) is 56.9. The number of methoxy groups -OCH3 is 2. The molecule has 6 amide bonds. The summed E-state index contributed by atoms with van der Waals surface area (Å²) in [6, 6.07) is 8.70. The van der Waals surface area contributed by atoms with E-state index in [4.69, 9.17) is 49.5 Å². The highest BCUT2D eigenvalue weighted by Crippen LogP contribution is 2.55. The van der Waals surface area contributed by atoms with E-state index < -0.39 is 128 Å². The van der Waals surface area contributed by atoms with Crippen molar-refractivity contribution in [3.63, 3.8) is 0 Å². The molecule has 32 heteroatoms. The van der Waals surface area contributed by atoms with Crippen LogP contribution >= 0.6 is 19.4 Å². The second kappa shape index (κ2) is 33.1. The first-order chi connectivity index (χ1) is 44.2. The number of rotatable bonds is 28. The number of fused-ring (bicyclic) bond motifs is 6. The van der Waals surface area contributed by atoms with Gasteiger partial charge >= 0.3 is 25.9 Å². The molecular formula is C62H89ClN9O21P. The number of alkyl carbamates (subject to hydrolysis) is 1. The van der Waals surface area contributed by atoms with Crippen LogP contribution in [0.4, 0.5) is 10.5 Å². The molecule has 30 nitrogen and oxygen atoms in total. The molecule has 4 heterocycles. The van der Waals surface area contributed by atoms with Gasteiger partial charge in [-0.2, -0.15) is 0 Å². The second-order valence-electron chi connectivity index (χ2n) is 23.6. The molecule has 3 aliphatic rings. The van der Waals surface area contributed by atoms with Gasteiger partial charge in [0.25, 0.3) is 5.79 Å². The van der Waals surface area contributed by atoms with E-state index >= 15 is 4.79 Å². The van der Waals surface area contributed by atoms with Gasteiger partial charge in [-0.15, -0.1) is 0 Å². The number of halogens is 1. The van der Waals surface area contributed by atoms with Crippen LogP contribution in [0.25, 0.3) is 10.9 Å². The molecule has 520 valence electrons. The number of likely N-dealkylation sites (N-methyl/N-ethyl adjacent to an activating group) is 2. The molecule has 94 heavy (non-hydrogen) atoms. The van der Waals surface area contributed by atoms with Crippen molar-refractivity contribution < 1.29 is 100 Å². The zero-order valence-electron chi connectivity index (χ0n) is 55.3. The number of nitrogens with zero attached hydrogens (tertiary/aromatic N) is 5. The number of allylic oxidation sites excluding steroid dienone is 3. The predicted molar refractivity (Wildman–Crippen MR) is 340 cm³/mol. The smallest absolute Gasteiger partial charge is 0.469 e. The van der Waals surface area contributed by atoms with Gasteiger partial charge in [0.05, 0.1) is 58.8 Å². The fourth-order valence-electron chi connectivity index (χ4n) is 10.9. The van der Waals surface area contributed by atoms with Crippen LogP contribution in [0.15, 0.2) is 66.3 Å². The quantitative estimate of drug-likeness (QED) is 0.0137. The van der Waals surface area contributed by atoms with Crippen LogP contribution in [-0.2, 0) is 95.3 Å². The van der Waals surface area contributed by atoms with Crippen LogP contribution in [-0.4, -0.2) is 224 Å². The van der Waals surface area contributed by atoms with Crippen LogP contribution in [0.5, 0.6) is 5.75 Å². The largest absolute Gasteiger partial charge is 0.495 e. The highest BCUT2D eigenvalue weighted by Gasteiger charge is 2.74. The number of anilines is 1. The molecule has 7 N–H and O–H groups in total. The number of carbonyl (C=O) groups excluding carboxylic acids is 8. The first kappa shape index (κ1) is 76.0. The van der Waals surface area contributed by atoms with Crippen molar-refractivity contribution in [2.24, 2.45) is 5.92 Å². The van der Waals surface area contributed by atoms with Crippen LogP contribution in [0, 0.1) is 5.92 Å². The third-order valence-electron chi connectivity index (χ3n) is 17.0. The normalized spacial score (nSPS) is 24.3. The molecule has 6 rings (SSSR count). The third-order valence-corrected chi connectivity index (χ3v) is 17.9. The molecule has 0 radical (unpaired) electrons. The Kier molecular flexibility index (Phi) is 26.7. The Morgan fingerprint density at radius 2 is 1.61 bits per heavy atom. The summed E-state index contributed by atoms with van der Waals surface area (Å²) in [7, 11) is 5.40. The minimum absolute atomic E-state index is 0.0194. The number of epoxide rings is 1. The Hall–Kier alpha value is -7.06. The molecule has 3 unspecified atom stereocenters. The van der Waals surface area contributed by atoms with Crippen LogP contribution in [0.3, 0.4) is 0 Å². The van der Waals surface area contributed by atoms with Gasteiger partial charge in [0.2, 0.25) is 29.5 Å². The summed E-state index contributed by atoms with van der Waals surface area (Å²) in [6.45, 7) is 8.31. The summed E-state index contributed by atoms with van der Waals surface area (Å²) in [6.07, 6.45) is -0.747. The van der Waals surface area contributed by atoms with Gasteiger partial charge in [0, 0.05) is 85.3 Å². The Bertz CT molecular complexity index is 3350. The number of carbonyl (C=O) groups is 8. The maximum atomic E-state index is 15.1. The summed E-state index contributed by atoms with van der Waals surface area (Å²) >= 11 is 6.92. The summed E-state index contributed by atoms with van der Waals surface area (Å²) < 4.78 is 65.6. The predicted octanol–water partition coefficient (Wildman–Crippen LogP) is 3.00. The van der Waals surface area contributed by atoms with Gasteiger partial charge in [0.15, 0.2) is 11.3 Å². The number of benzene rings is 2. The van der Waals surface area contributed by atoms with Gasteiger partial charge in [-0.3, -0.25) is 39.2 Å². The Morgan fingerprint density at radius 1 is 0.947 bits per heavy atom. The highest BCUT2D eigenvalue weighted by molar-refractivity contribution is 7.46. The van der Waals surface area contributed by atoms with Gasteiger partial charge < -0.3 is 82.7 Å². The average Bonchev–Trinajstić information content (AvgIpc) is 1.54. The van der Waals surface area contributed by atoms with Gasteiger partial charge in [-0.25, -0.2) is 24.0 Å². The molecule has 2 fully saturated rings. The molecule has 2 saturated heterocycles. The monoisotopic (exact) mass is 1360 g/mol. The standard InChI is InChI=1S/C62H89ClN9O21P/c1-37-17-16-20-50(86-13)61(81)33-49(90-59(80)67-61)38(2)55-60(6,91-55)62(92-57(78)39(3)69(9)41(5)73,34-53(76)71(11)47-30-42(29-37)31-48(85-12)54(47)63)93-58(79)40(4)70(10)52(75)22-25-87-27-28-88-26-23-65-56(77)45(36-89-94(82,83)84)66-51(74)21-24-72-44(35-68(8)64-7)32-43-18-14-15-19-46(43)72/h14-20,30-32,38-40,45,49-50,55,64,81H,21-29,33-36H2,1-13H3,(H,65,77)(H,66,74)(H,67,80)(H2,82,83,84)/b20-16+,37-17+/t38-,39+,40?,45?,49+,50?,55+,60-,61+,62-/m1/s1. The summed E-state index contributed by atoms with van der Waals surface area (Å²) in [5, 5.41) is 22.5. The third kappa shape index (κ3) is 19.3. The first-order valence-electron chi connectivity index (χ1n) is 30.4. The molecule has 2 aromatic carbocycles. The maximum absolute atomic E-state index is 15.1. The summed E-state index contributed by atoms with van der Waals surface area (Å²) in [4.78, 5) is 133. The maximum Gasteiger partial charge on any atom is 0.469 e. The van der Waals surface area contributed by atoms with Crippen molar-refractivity contribution in [3.05, 3.63) is 82.5 Å². The van der Waals surface area contributed by atoms with Crippen molar-refractivity contribution >= 4 is 83.6 Å². The number of hydrazine groups is 1. The van der Waals surface area contributed by atoms with E-state index in [2.05, 4.69) is 25.9 Å². The lowest BCUT2D eigenvalue weighted by atomic mass is 9.82. The van der Waals surface area contributed by atoms with Crippen LogP contribution in [0.1, 0.15) is 78.5 Å². The first-order valence-corrected chi connectivity index (χ1v) is 32.3. The minimum atomic E-state index is -5.04. The molecule has 10 atom stereocenters. The van der Waals surface area contributed by atoms with E-state index in [1.165, 1.54) is 68.0 Å². The van der Waals surface area contributed by atoms with Crippen LogP contribution < -0.4 is 31.0 Å². The lowest BCUT2D eigenvalue weighted by Gasteiger charge is -2.42. The number of hydrogen-bond acceptors (Lipinski definition) is 21. The number of aryl methyl sites for hydroxylation is 1. The lowest BCUT2D eigenvalue weighted by molar-refractivity contribution is -0.255. The van der Waals surface area contributed by atoms with E-state index in [1.807, 2.05) is 53.9 Å². The summed E-state index contributed by atoms with van der Waals surface area (Å²) in [5.41, 5.74) is 2.41. The number of nitrogens with one attached hydrogen (secondary N) is 4. The van der Waals surface area contributed by atoms with Crippen molar-refractivity contribution in [2.75, 3.05) is 93.9 Å². The number of amides is 6. The van der Waals surface area contributed by atoms with Crippen LogP contribution in [0.2, 0.25) is 5.02 Å². The van der Waals surface area contributed by atoms with E-state index in [0.29, 0.717) is 18.5 Å². The SMILES string of the molecule is CNN(C)Cc1cc2ccccc2n1CCC(=O)NC(COP(=O)(O)O)C(=O)NCCOCCOCCC(=O)N(C)C(C)C(=O)O[C@]1(OC(=O)[C@H](C)N(C)C(C)=O)CC(=O)N(C)c2cc(cc(OC)c2Cl)C/C(C)=C/C=C/C(OC)[C@@]2(O)C[C@H](OC(=O)N2)[C@@H](C)[C@@H]2O[C@]21C. The molecule has 3 aromatic rings. The topological polar surface area (TPSA) is 367 Å². The van der Waals surface area contributed by atoms with Crippen molar-refractivity contribution in [2.45, 2.75) is 140 Å². The number of hydrogen-bond donors (Lipinski definition) is 7. The van der Waals surface area contributed by atoms with Gasteiger partial charge in [0.1, 0.15) is 53.6 Å². The number of phosphoric ester groups is 1. The van der Waals surface area contributed by atoms with E-state index in [-0.39, 0.29) is 75.2 Å². The van der Waals surface area contributed by atoms with Crippen molar-refractivity contribution in [1.29, 1.82) is 0 Å². The fraction of sp³-hybridized carbons (Fsp3) is 0.581. The molecular weight excluding hydrogens is 1270 g/mol. The molecule has 3 aliphatic heterocycles. The van der Waals surface area contributed by atoms with Crippen molar-refractivity contribution in [1.82, 2.24) is 40.8 Å². The molecule has 4 bridgehead atoms. The van der Waals surface area contributed by atoms with Crippen molar-refractivity contribution in [3.8, 4) is 5.75 Å². The molecule has 0 spiro atoms. The highest BCUT2D eigenvalue weighted by atomic mass is 35.5. The average molecular weight is 1360 g/mol. The molecule has 0 aliphatic carbocycles. The number of esters is 2. The molecule has 0 saturated carbocycles. The van der Waals surface area contributed by atoms with E-state index in [9.17, 15) is 53.0 Å². The Balaban J connectivity index is 1.13. The van der Waals surface area contributed by atoms with E-state index in [0.717, 1.165) is 32.0 Å². The second-order valence-corrected chi connectivity index (χ2v) is 25.2. The Morgan fingerprint density at radius 3 is 2.24 bits per heavy atom. The number of aromatic nitrogens is 1. The number of aliphatic hydroxyl groups is 1. The van der Waals surface area contributed by atoms with Gasteiger partial charge in [-0.05, 0) is 76.4 Å². The van der Waals surface area contributed by atoms with E-state index in [1.54, 1.807) is 44.3 Å². The number of phosphoric acid groups is 1. The zero-order chi connectivity index (χ0) is 69.6. The number of ether oxygens (including phenoxy) is 8.